The van der Waals surface area contributed by atoms with Gasteiger partial charge in [-0.1, -0.05) is 12.1 Å². The predicted octanol–water partition coefficient (Wildman–Crippen LogP) is 2.94. The molecule has 0 saturated carbocycles. The van der Waals surface area contributed by atoms with Gasteiger partial charge in [-0.2, -0.15) is 0 Å². The smallest absolute Gasteiger partial charge is 0.337 e. The normalized spacial score (nSPS) is 13.0. The predicted molar refractivity (Wildman–Crippen MR) is 83.4 cm³/mol. The Kier molecular flexibility index (Phi) is 4.33. The van der Waals surface area contributed by atoms with Crippen LogP contribution in [-0.4, -0.2) is 30.2 Å². The molecule has 2 aromatic rings. The number of fused-ring (bicyclic) bond motifs is 1. The van der Waals surface area contributed by atoms with Gasteiger partial charge in [0.15, 0.2) is 11.5 Å². The highest BCUT2D eigenvalue weighted by Crippen LogP contribution is 2.35. The van der Waals surface area contributed by atoms with Crippen molar-refractivity contribution in [3.05, 3.63) is 53.3 Å². The number of carbonyl (C=O) groups excluding carboxylic acids is 1. The van der Waals surface area contributed by atoms with Gasteiger partial charge < -0.3 is 19.9 Å². The zero-order valence-electron chi connectivity index (χ0n) is 12.5. The highest BCUT2D eigenvalue weighted by Gasteiger charge is 2.21. The third-order valence-corrected chi connectivity index (χ3v) is 3.48. The molecule has 0 fully saturated rings. The highest BCUT2D eigenvalue weighted by atomic mass is 19.1. The molecule has 2 N–H and O–H groups in total. The zero-order valence-corrected chi connectivity index (χ0v) is 12.5. The van der Waals surface area contributed by atoms with Gasteiger partial charge >= 0.3 is 5.97 Å². The average Bonchev–Trinajstić information content (AvgIpc) is 2.79. The van der Waals surface area contributed by atoms with E-state index in [1.54, 1.807) is 0 Å². The molecule has 0 aromatic heterocycles. The molecule has 0 spiro atoms. The lowest BCUT2D eigenvalue weighted by atomic mass is 10.1. The van der Waals surface area contributed by atoms with E-state index in [2.05, 4.69) is 5.32 Å². The number of aromatic carboxylic acids is 1. The van der Waals surface area contributed by atoms with Crippen molar-refractivity contribution in [3.8, 4) is 11.5 Å². The summed E-state index contributed by atoms with van der Waals surface area (Å²) in [5, 5.41) is 11.8. The van der Waals surface area contributed by atoms with Gasteiger partial charge in [0.25, 0.3) is 5.91 Å². The second-order valence-corrected chi connectivity index (χ2v) is 5.13. The molecule has 7 heteroatoms. The summed E-state index contributed by atoms with van der Waals surface area (Å²) in [6, 6.07) is 8.12. The fourth-order valence-corrected chi connectivity index (χ4v) is 2.32. The standard InChI is InChI=1S/C17H14FNO5/c18-12-5-2-1-4-10(12)16(20)19-13-9-15-14(8-11(13)17(21)22)23-6-3-7-24-15/h1-2,4-5,8-9H,3,6-7H2,(H,19,20)(H,21,22). The number of nitrogens with one attached hydrogen (secondary N) is 1. The number of benzene rings is 2. The van der Waals surface area contributed by atoms with Crippen LogP contribution in [0.2, 0.25) is 0 Å². The molecule has 124 valence electrons. The third-order valence-electron chi connectivity index (χ3n) is 3.48. The molecule has 0 saturated heterocycles. The molecule has 3 rings (SSSR count). The molecule has 1 aliphatic rings. The zero-order chi connectivity index (χ0) is 17.1. The van der Waals surface area contributed by atoms with Crippen molar-refractivity contribution < 1.29 is 28.6 Å². The second-order valence-electron chi connectivity index (χ2n) is 5.13. The Morgan fingerprint density at radius 1 is 1.04 bits per heavy atom. The monoisotopic (exact) mass is 331 g/mol. The summed E-state index contributed by atoms with van der Waals surface area (Å²) in [6.45, 7) is 0.826. The van der Waals surface area contributed by atoms with Crippen LogP contribution < -0.4 is 14.8 Å². The summed E-state index contributed by atoms with van der Waals surface area (Å²) in [6.07, 6.45) is 0.661. The quantitative estimate of drug-likeness (QED) is 0.903. The van der Waals surface area contributed by atoms with Crippen molar-refractivity contribution in [2.45, 2.75) is 6.42 Å². The number of carboxylic acids is 1. The highest BCUT2D eigenvalue weighted by molar-refractivity contribution is 6.08. The Hall–Kier alpha value is -3.09. The van der Waals surface area contributed by atoms with Crippen LogP contribution in [0.4, 0.5) is 10.1 Å². The fourth-order valence-electron chi connectivity index (χ4n) is 2.32. The van der Waals surface area contributed by atoms with Gasteiger partial charge in [0, 0.05) is 18.6 Å². The van der Waals surface area contributed by atoms with E-state index in [0.29, 0.717) is 31.1 Å². The van der Waals surface area contributed by atoms with Crippen LogP contribution in [0.25, 0.3) is 0 Å². The van der Waals surface area contributed by atoms with Crippen LogP contribution in [0.1, 0.15) is 27.1 Å². The third kappa shape index (κ3) is 3.15. The summed E-state index contributed by atoms with van der Waals surface area (Å²) in [4.78, 5) is 23.7. The first kappa shape index (κ1) is 15.8. The van der Waals surface area contributed by atoms with Gasteiger partial charge in [0.1, 0.15) is 5.82 Å². The topological polar surface area (TPSA) is 84.9 Å². The SMILES string of the molecule is O=C(Nc1cc2c(cc1C(=O)O)OCCCO2)c1ccccc1F. The molecular formula is C17H14FNO5. The lowest BCUT2D eigenvalue weighted by Crippen LogP contribution is -2.16. The first-order valence-corrected chi connectivity index (χ1v) is 7.29. The van der Waals surface area contributed by atoms with Crippen molar-refractivity contribution in [3.63, 3.8) is 0 Å². The molecule has 2 aromatic carbocycles. The summed E-state index contributed by atoms with van der Waals surface area (Å²) in [5.41, 5.74) is -0.329. The summed E-state index contributed by atoms with van der Waals surface area (Å²) >= 11 is 0. The molecule has 0 radical (unpaired) electrons. The van der Waals surface area contributed by atoms with Crippen molar-refractivity contribution in [2.24, 2.45) is 0 Å². The molecule has 0 unspecified atom stereocenters. The number of carbonyl (C=O) groups is 2. The molecule has 0 atom stereocenters. The number of hydrogen-bond donors (Lipinski definition) is 2. The van der Waals surface area contributed by atoms with Gasteiger partial charge in [-0.05, 0) is 12.1 Å². The van der Waals surface area contributed by atoms with Crippen LogP contribution >= 0.6 is 0 Å². The Balaban J connectivity index is 1.97. The van der Waals surface area contributed by atoms with Crippen LogP contribution in [0.3, 0.4) is 0 Å². The van der Waals surface area contributed by atoms with Gasteiger partial charge in [-0.15, -0.1) is 0 Å². The van der Waals surface area contributed by atoms with E-state index in [-0.39, 0.29) is 16.8 Å². The number of carboxylic acid groups (broad SMARTS) is 1. The summed E-state index contributed by atoms with van der Waals surface area (Å²) < 4.78 is 24.6. The van der Waals surface area contributed by atoms with E-state index in [1.807, 2.05) is 0 Å². The Morgan fingerprint density at radius 3 is 2.38 bits per heavy atom. The van der Waals surface area contributed by atoms with Crippen LogP contribution in [0, 0.1) is 5.82 Å². The minimum Gasteiger partial charge on any atom is -0.490 e. The van der Waals surface area contributed by atoms with E-state index < -0.39 is 17.7 Å². The van der Waals surface area contributed by atoms with Crippen LogP contribution in [0.15, 0.2) is 36.4 Å². The maximum absolute atomic E-state index is 13.7. The number of anilines is 1. The summed E-state index contributed by atoms with van der Waals surface area (Å²) in [5.74, 6) is -2.05. The van der Waals surface area contributed by atoms with Crippen molar-refractivity contribution >= 4 is 17.6 Å². The lowest BCUT2D eigenvalue weighted by molar-refractivity contribution is 0.0697. The first-order chi connectivity index (χ1) is 11.6. The molecule has 1 heterocycles. The number of hydrogen-bond acceptors (Lipinski definition) is 4. The van der Waals surface area contributed by atoms with E-state index in [1.165, 1.54) is 30.3 Å². The Bertz CT molecular complexity index is 806. The summed E-state index contributed by atoms with van der Waals surface area (Å²) in [7, 11) is 0. The second kappa shape index (κ2) is 6.57. The Labute approximate surface area is 136 Å². The molecule has 0 aliphatic carbocycles. The maximum atomic E-state index is 13.7. The number of amides is 1. The minimum absolute atomic E-state index is 0.0139. The number of rotatable bonds is 3. The van der Waals surface area contributed by atoms with Gasteiger partial charge in [-0.3, -0.25) is 4.79 Å². The fraction of sp³-hybridized carbons (Fsp3) is 0.176. The molecule has 24 heavy (non-hydrogen) atoms. The lowest BCUT2D eigenvalue weighted by Gasteiger charge is -2.13. The van der Waals surface area contributed by atoms with Crippen LogP contribution in [-0.2, 0) is 0 Å². The van der Waals surface area contributed by atoms with Gasteiger partial charge in [-0.25, -0.2) is 9.18 Å². The first-order valence-electron chi connectivity index (χ1n) is 7.29. The molecule has 1 amide bonds. The molecular weight excluding hydrogens is 317 g/mol. The molecule has 6 nitrogen and oxygen atoms in total. The molecule has 0 bridgehead atoms. The largest absolute Gasteiger partial charge is 0.490 e. The van der Waals surface area contributed by atoms with E-state index in [9.17, 15) is 19.1 Å². The van der Waals surface area contributed by atoms with E-state index in [4.69, 9.17) is 9.47 Å². The number of ether oxygens (including phenoxy) is 2. The van der Waals surface area contributed by atoms with Crippen LogP contribution in [0.5, 0.6) is 11.5 Å². The van der Waals surface area contributed by atoms with E-state index in [0.717, 1.165) is 6.07 Å². The number of halogens is 1. The van der Waals surface area contributed by atoms with E-state index >= 15 is 0 Å². The van der Waals surface area contributed by atoms with Crippen molar-refractivity contribution in [1.29, 1.82) is 0 Å². The van der Waals surface area contributed by atoms with Crippen molar-refractivity contribution in [1.82, 2.24) is 0 Å². The van der Waals surface area contributed by atoms with Gasteiger partial charge in [0.2, 0.25) is 0 Å². The minimum atomic E-state index is -1.24. The Morgan fingerprint density at radius 2 is 1.71 bits per heavy atom. The molecule has 1 aliphatic heterocycles. The maximum Gasteiger partial charge on any atom is 0.337 e. The van der Waals surface area contributed by atoms with Crippen molar-refractivity contribution in [2.75, 3.05) is 18.5 Å². The average molecular weight is 331 g/mol. The van der Waals surface area contributed by atoms with Gasteiger partial charge in [0.05, 0.1) is 30.0 Å².